The van der Waals surface area contributed by atoms with E-state index >= 15 is 0 Å². The summed E-state index contributed by atoms with van der Waals surface area (Å²) in [6.45, 7) is 0. The Bertz CT molecular complexity index is 2830. The molecule has 0 unspecified atom stereocenters. The van der Waals surface area contributed by atoms with Crippen LogP contribution < -0.4 is 0 Å². The first-order chi connectivity index (χ1) is 27.2. The molecule has 0 N–H and O–H groups in total. The highest BCUT2D eigenvalue weighted by Gasteiger charge is 2.20. The Balaban J connectivity index is 1.17. The topological polar surface area (TPSA) is 30.7 Å². The van der Waals surface area contributed by atoms with E-state index < -0.39 is 0 Å². The van der Waals surface area contributed by atoms with Gasteiger partial charge in [-0.15, -0.1) is 0 Å². The zero-order chi connectivity index (χ0) is 36.6. The van der Waals surface area contributed by atoms with E-state index in [1.54, 1.807) is 0 Å². The van der Waals surface area contributed by atoms with Crippen LogP contribution in [0.4, 0.5) is 0 Å². The minimum Gasteiger partial charge on any atom is -0.277 e. The van der Waals surface area contributed by atoms with Gasteiger partial charge in [-0.2, -0.15) is 0 Å². The number of para-hydroxylation sites is 1. The van der Waals surface area contributed by atoms with Crippen LogP contribution in [0.2, 0.25) is 0 Å². The number of pyridine rings is 1. The van der Waals surface area contributed by atoms with Gasteiger partial charge in [-0.05, 0) is 103 Å². The molecule has 8 aromatic carbocycles. The lowest BCUT2D eigenvalue weighted by Gasteiger charge is -2.14. The average Bonchev–Trinajstić information content (AvgIpc) is 3.67. The largest absolute Gasteiger partial charge is 0.277 e. The third-order valence-electron chi connectivity index (χ3n) is 10.5. The summed E-state index contributed by atoms with van der Waals surface area (Å²) in [6.07, 6.45) is 1.90. The van der Waals surface area contributed by atoms with Gasteiger partial charge in [0.15, 0.2) is 5.65 Å². The smallest absolute Gasteiger partial charge is 0.165 e. The molecule has 0 radical (unpaired) electrons. The van der Waals surface area contributed by atoms with Crippen LogP contribution in [0, 0.1) is 0 Å². The minimum atomic E-state index is 0.818. The van der Waals surface area contributed by atoms with Crippen LogP contribution in [0.15, 0.2) is 212 Å². The van der Waals surface area contributed by atoms with Crippen LogP contribution in [0.3, 0.4) is 0 Å². The van der Waals surface area contributed by atoms with Crippen molar-refractivity contribution in [3.8, 4) is 72.7 Å². The zero-order valence-corrected chi connectivity index (χ0v) is 30.0. The fourth-order valence-corrected chi connectivity index (χ4v) is 7.64. The highest BCUT2D eigenvalue weighted by Crippen LogP contribution is 2.38. The Morgan fingerprint density at radius 1 is 0.327 bits per heavy atom. The summed E-state index contributed by atoms with van der Waals surface area (Å²) in [5.74, 6) is 0.840. The molecule has 3 heteroatoms. The van der Waals surface area contributed by atoms with Gasteiger partial charge in [-0.1, -0.05) is 164 Å². The SMILES string of the molecule is c1ccc(-c2ccc(-c3cc(-c4ccc(-c5ccccc5)cc4)cc(-c4nc5c(-c6ccc7ccccc7c6)ccnc5n4-c4ccccc4)c3)cc2)cc1. The van der Waals surface area contributed by atoms with E-state index in [1.807, 2.05) is 12.3 Å². The minimum absolute atomic E-state index is 0.818. The van der Waals surface area contributed by atoms with Gasteiger partial charge in [0.05, 0.1) is 0 Å². The summed E-state index contributed by atoms with van der Waals surface area (Å²) in [6, 6.07) is 73.3. The van der Waals surface area contributed by atoms with Gasteiger partial charge >= 0.3 is 0 Å². The molecule has 0 aliphatic carbocycles. The molecule has 0 aliphatic rings. The van der Waals surface area contributed by atoms with Crippen LogP contribution in [0.25, 0.3) is 94.6 Å². The molecule has 0 saturated heterocycles. The van der Waals surface area contributed by atoms with Crippen LogP contribution in [-0.2, 0) is 0 Å². The molecule has 0 saturated carbocycles. The molecule has 0 aliphatic heterocycles. The Morgan fingerprint density at radius 3 is 1.36 bits per heavy atom. The molecule has 0 bridgehead atoms. The molecular weight excluding hydrogens is 667 g/mol. The average molecular weight is 702 g/mol. The van der Waals surface area contributed by atoms with Crippen molar-refractivity contribution in [2.45, 2.75) is 0 Å². The number of benzene rings is 8. The maximum Gasteiger partial charge on any atom is 0.165 e. The normalized spacial score (nSPS) is 11.3. The van der Waals surface area contributed by atoms with Crippen LogP contribution in [0.1, 0.15) is 0 Å². The summed E-state index contributed by atoms with van der Waals surface area (Å²) >= 11 is 0. The second kappa shape index (κ2) is 13.9. The van der Waals surface area contributed by atoms with Gasteiger partial charge in [0.1, 0.15) is 11.3 Å². The summed E-state index contributed by atoms with van der Waals surface area (Å²) in [4.78, 5) is 10.5. The van der Waals surface area contributed by atoms with Crippen molar-refractivity contribution >= 4 is 21.9 Å². The van der Waals surface area contributed by atoms with Crippen molar-refractivity contribution < 1.29 is 0 Å². The van der Waals surface area contributed by atoms with Gasteiger partial charge in [0, 0.05) is 23.0 Å². The summed E-state index contributed by atoms with van der Waals surface area (Å²) in [5.41, 5.74) is 15.2. The number of rotatable bonds is 7. The molecule has 0 fully saturated rings. The molecule has 258 valence electrons. The Kier molecular flexibility index (Phi) is 8.16. The van der Waals surface area contributed by atoms with E-state index in [9.17, 15) is 0 Å². The highest BCUT2D eigenvalue weighted by molar-refractivity contribution is 5.97. The molecule has 2 heterocycles. The standard InChI is InChI=1S/C52H35N3/c1-4-12-36(13-5-1)39-20-24-41(25-21-39)45-33-46(42-26-22-40(23-27-42)37-14-6-2-7-15-37)35-47(34-45)51-54-50-49(44-29-28-38-16-10-11-17-43(38)32-44)30-31-53-52(50)55(51)48-18-8-3-9-19-48/h1-35H. The monoisotopic (exact) mass is 701 g/mol. The highest BCUT2D eigenvalue weighted by atomic mass is 15.1. The van der Waals surface area contributed by atoms with Crippen LogP contribution >= 0.6 is 0 Å². The van der Waals surface area contributed by atoms with Crippen molar-refractivity contribution in [3.05, 3.63) is 212 Å². The molecule has 10 rings (SSSR count). The van der Waals surface area contributed by atoms with Gasteiger partial charge in [-0.3, -0.25) is 4.57 Å². The zero-order valence-electron chi connectivity index (χ0n) is 30.0. The third kappa shape index (κ3) is 6.18. The van der Waals surface area contributed by atoms with E-state index in [4.69, 9.17) is 9.97 Å². The van der Waals surface area contributed by atoms with Gasteiger partial charge in [0.25, 0.3) is 0 Å². The lowest BCUT2D eigenvalue weighted by atomic mass is 9.93. The van der Waals surface area contributed by atoms with Gasteiger partial charge in [-0.25, -0.2) is 9.97 Å². The number of aromatic nitrogens is 3. The lowest BCUT2D eigenvalue weighted by Crippen LogP contribution is -1.99. The van der Waals surface area contributed by atoms with Crippen LogP contribution in [0.5, 0.6) is 0 Å². The van der Waals surface area contributed by atoms with Gasteiger partial charge in [0.2, 0.25) is 0 Å². The van der Waals surface area contributed by atoms with E-state index in [2.05, 4.69) is 205 Å². The van der Waals surface area contributed by atoms with Crippen molar-refractivity contribution in [2.24, 2.45) is 0 Å². The van der Waals surface area contributed by atoms with Crippen molar-refractivity contribution in [1.82, 2.24) is 14.5 Å². The second-order valence-corrected chi connectivity index (χ2v) is 13.9. The lowest BCUT2D eigenvalue weighted by molar-refractivity contribution is 1.08. The fourth-order valence-electron chi connectivity index (χ4n) is 7.64. The van der Waals surface area contributed by atoms with E-state index in [1.165, 1.54) is 33.0 Å². The first kappa shape index (κ1) is 32.3. The van der Waals surface area contributed by atoms with E-state index in [0.29, 0.717) is 0 Å². The quantitative estimate of drug-likeness (QED) is 0.166. The van der Waals surface area contributed by atoms with E-state index in [-0.39, 0.29) is 0 Å². The molecule has 55 heavy (non-hydrogen) atoms. The number of fused-ring (bicyclic) bond motifs is 2. The number of hydrogen-bond donors (Lipinski definition) is 0. The molecule has 2 aromatic heterocycles. The second-order valence-electron chi connectivity index (χ2n) is 13.9. The molecule has 0 atom stereocenters. The predicted molar refractivity (Wildman–Crippen MR) is 229 cm³/mol. The summed E-state index contributed by atoms with van der Waals surface area (Å²) in [7, 11) is 0. The predicted octanol–water partition coefficient (Wildman–Crippen LogP) is 13.6. The van der Waals surface area contributed by atoms with Crippen molar-refractivity contribution in [3.63, 3.8) is 0 Å². The van der Waals surface area contributed by atoms with Crippen molar-refractivity contribution in [2.75, 3.05) is 0 Å². The third-order valence-corrected chi connectivity index (χ3v) is 10.5. The van der Waals surface area contributed by atoms with Crippen molar-refractivity contribution in [1.29, 1.82) is 0 Å². The Hall–Kier alpha value is -7.36. The number of hydrogen-bond acceptors (Lipinski definition) is 2. The first-order valence-corrected chi connectivity index (χ1v) is 18.6. The maximum atomic E-state index is 5.49. The fraction of sp³-hybridized carbons (Fsp3) is 0. The molecule has 0 amide bonds. The molecule has 0 spiro atoms. The summed E-state index contributed by atoms with van der Waals surface area (Å²) < 4.78 is 2.21. The van der Waals surface area contributed by atoms with Gasteiger partial charge < -0.3 is 0 Å². The molecule has 10 aromatic rings. The number of imidazole rings is 1. The number of nitrogens with zero attached hydrogens (tertiary/aromatic N) is 3. The van der Waals surface area contributed by atoms with E-state index in [0.717, 1.165) is 61.6 Å². The maximum absolute atomic E-state index is 5.49. The summed E-state index contributed by atoms with van der Waals surface area (Å²) in [5, 5.41) is 2.41. The first-order valence-electron chi connectivity index (χ1n) is 18.6. The Morgan fingerprint density at radius 2 is 0.782 bits per heavy atom. The van der Waals surface area contributed by atoms with Crippen LogP contribution in [-0.4, -0.2) is 14.5 Å². The Labute approximate surface area is 320 Å². The molecule has 3 nitrogen and oxygen atoms in total. The molecular formula is C52H35N3.